The van der Waals surface area contributed by atoms with E-state index in [1.807, 2.05) is 55.2 Å². The van der Waals surface area contributed by atoms with Crippen LogP contribution in [0.1, 0.15) is 101 Å². The van der Waals surface area contributed by atoms with Crippen molar-refractivity contribution in [3.63, 3.8) is 0 Å². The van der Waals surface area contributed by atoms with E-state index >= 15 is 0 Å². The molecule has 0 saturated heterocycles. The average molecular weight is 1190 g/mol. The van der Waals surface area contributed by atoms with Gasteiger partial charge in [-0.2, -0.15) is 0 Å². The third kappa shape index (κ3) is 11.9. The predicted molar refractivity (Wildman–Crippen MR) is 321 cm³/mol. The van der Waals surface area contributed by atoms with Gasteiger partial charge in [0.1, 0.15) is 5.03 Å². The Labute approximate surface area is 487 Å². The highest BCUT2D eigenvalue weighted by atomic mass is 32.2. The summed E-state index contributed by atoms with van der Waals surface area (Å²) in [6.45, 7) is 1.78. The van der Waals surface area contributed by atoms with E-state index in [0.29, 0.717) is 83.3 Å². The Balaban J connectivity index is 0.000000134. The number of ketones is 7. The number of rotatable bonds is 4. The summed E-state index contributed by atoms with van der Waals surface area (Å²) >= 11 is 4.30. The summed E-state index contributed by atoms with van der Waals surface area (Å²) < 4.78 is 24.3. The van der Waals surface area contributed by atoms with Crippen LogP contribution in [0.25, 0.3) is 33.8 Å². The summed E-state index contributed by atoms with van der Waals surface area (Å²) in [6.07, 6.45) is 6.67. The normalized spacial score (nSPS) is 13.0. The number of nitrogens with two attached hydrogens (primary N) is 5. The number of sulfone groups is 1. The molecule has 0 bridgehead atoms. The Morgan fingerprint density at radius 1 is 0.458 bits per heavy atom. The SMILES string of the molecule is CS(=O)(=O)c1nc(N)nc2c1C(=O)c1ccccc1-2.CSC(SC)=C1C(=O)c2ccccc2C1=O.CSc1nc(N)nc2c1C(=O)c1ccccc1-2.Cc1nc(N)nc2c1C(=O)c1ccccc1-2.N=C(N)N.O=C1CC(=O)c2ccccc21. The molecule has 3 aromatic heterocycles. The fraction of sp³-hybridized carbons (Fsp3) is 0.103. The van der Waals surface area contributed by atoms with Crippen molar-refractivity contribution in [2.45, 2.75) is 23.4 Å². The van der Waals surface area contributed by atoms with Crippen molar-refractivity contribution >= 4 is 109 Å². The van der Waals surface area contributed by atoms with Gasteiger partial charge in [0, 0.05) is 61.9 Å². The predicted octanol–water partition coefficient (Wildman–Crippen LogP) is 7.54. The van der Waals surface area contributed by atoms with Crippen LogP contribution in [-0.2, 0) is 9.84 Å². The van der Waals surface area contributed by atoms with E-state index in [-0.39, 0.29) is 87.0 Å². The van der Waals surface area contributed by atoms with Crippen molar-refractivity contribution in [3.05, 3.63) is 192 Å². The molecule has 5 aliphatic carbocycles. The number of hydrogen-bond acceptors (Lipinski definition) is 22. The number of aromatic nitrogens is 6. The molecule has 0 atom stereocenters. The number of allylic oxidation sites excluding steroid dienone is 1. The maximum Gasteiger partial charge on any atom is 0.221 e. The van der Waals surface area contributed by atoms with Crippen molar-refractivity contribution in [1.82, 2.24) is 29.9 Å². The number of anilines is 3. The van der Waals surface area contributed by atoms with Crippen LogP contribution in [0.15, 0.2) is 141 Å². The molecule has 0 amide bonds. The Morgan fingerprint density at radius 3 is 1.16 bits per heavy atom. The Bertz CT molecular complexity index is 4190. The van der Waals surface area contributed by atoms with E-state index in [0.717, 1.165) is 21.6 Å². The minimum absolute atomic E-state index is 0.0110. The van der Waals surface area contributed by atoms with Crippen molar-refractivity contribution in [3.8, 4) is 33.8 Å². The lowest BCUT2D eigenvalue weighted by atomic mass is 10.1. The maximum atomic E-state index is 12.3. The molecule has 5 aliphatic rings. The molecule has 0 saturated carbocycles. The number of aryl methyl sites for hydroxylation is 1. The molecule has 0 spiro atoms. The van der Waals surface area contributed by atoms with Crippen molar-refractivity contribution < 1.29 is 42.0 Å². The molecule has 0 fully saturated rings. The zero-order valence-electron chi connectivity index (χ0n) is 44.6. The standard InChI is InChI=1S/C12H9N3O3S.C12H9N3OS.C12H9N3O.C12H10O2S2.C9H6O2.CH5N3/c1-19(17,18)11-8-9(14-12(13)15-11)6-4-2-3-5-7(6)10(8)16;1-17-11-8-9(14-12(13)15-11)6-4-2-3-5-7(6)10(8)16;1-6-9-10(15-12(13)14-6)7-4-2-3-5-8(7)11(9)16;1-15-12(16-2)9-10(13)7-5-3-4-6-8(7)11(9)14;10-8-5-9(11)7-4-2-1-3-6(7)8;2-1(3)4/h2-5H,1H3,(H2,13,14,15);2-5H,1H3,(H2,13,14,15);2-5H,1H3,(H2,13,14,15);3-6H,1-2H3;1-4H,5H2;(H5,2,3,4). The fourth-order valence-corrected chi connectivity index (χ4v) is 12.1. The summed E-state index contributed by atoms with van der Waals surface area (Å²) in [4.78, 5) is 107. The third-order valence-corrected chi connectivity index (χ3v) is 16.5. The Morgan fingerprint density at radius 2 is 0.771 bits per heavy atom. The molecule has 25 heteroatoms. The van der Waals surface area contributed by atoms with E-state index in [4.69, 9.17) is 22.6 Å². The highest BCUT2D eigenvalue weighted by Crippen LogP contribution is 2.41. The van der Waals surface area contributed by atoms with E-state index < -0.39 is 9.84 Å². The molecule has 0 aliphatic heterocycles. The topological polar surface area (TPSA) is 385 Å². The van der Waals surface area contributed by atoms with Gasteiger partial charge in [0.2, 0.25) is 17.8 Å². The Hall–Kier alpha value is -9.56. The highest BCUT2D eigenvalue weighted by molar-refractivity contribution is 8.21. The molecule has 3 heterocycles. The molecule has 0 unspecified atom stereocenters. The van der Waals surface area contributed by atoms with Crippen LogP contribution < -0.4 is 28.7 Å². The lowest BCUT2D eigenvalue weighted by Crippen LogP contribution is -2.20. The lowest BCUT2D eigenvalue weighted by Gasteiger charge is -2.05. The molecule has 13 rings (SSSR count). The van der Waals surface area contributed by atoms with Crippen LogP contribution >= 0.6 is 35.3 Å². The van der Waals surface area contributed by atoms with Crippen molar-refractivity contribution in [2.75, 3.05) is 42.2 Å². The maximum absolute atomic E-state index is 12.3. The number of carbonyl (C=O) groups excluding carboxylic acids is 7. The lowest BCUT2D eigenvalue weighted by molar-refractivity contribution is 0.0917. The number of benzene rings is 5. The number of hydrogen-bond donors (Lipinski definition) is 6. The van der Waals surface area contributed by atoms with E-state index in [1.165, 1.54) is 35.3 Å². The van der Waals surface area contributed by atoms with Gasteiger partial charge in [-0.05, 0) is 25.7 Å². The number of nitrogens with zero attached hydrogens (tertiary/aromatic N) is 6. The molecular weight excluding hydrogens is 1140 g/mol. The smallest absolute Gasteiger partial charge is 0.221 e. The van der Waals surface area contributed by atoms with E-state index in [2.05, 4.69) is 41.4 Å². The minimum Gasteiger partial charge on any atom is -0.370 e. The first kappa shape index (κ1) is 59.6. The van der Waals surface area contributed by atoms with Crippen LogP contribution in [0.3, 0.4) is 0 Å². The van der Waals surface area contributed by atoms with Crippen LogP contribution in [0, 0.1) is 12.3 Å². The molecule has 5 aromatic carbocycles. The van der Waals surface area contributed by atoms with Crippen LogP contribution in [0.5, 0.6) is 0 Å². The summed E-state index contributed by atoms with van der Waals surface area (Å²) in [7, 11) is -3.65. The van der Waals surface area contributed by atoms with Crippen LogP contribution in [0.4, 0.5) is 17.8 Å². The number of nitrogens with one attached hydrogen (secondary N) is 1. The third-order valence-electron chi connectivity index (χ3n) is 12.7. The van der Waals surface area contributed by atoms with Gasteiger partial charge in [-0.3, -0.25) is 39.0 Å². The summed E-state index contributed by atoms with van der Waals surface area (Å²) in [5, 5.41) is 6.39. The van der Waals surface area contributed by atoms with Crippen molar-refractivity contribution in [1.29, 1.82) is 5.41 Å². The second-order valence-electron chi connectivity index (χ2n) is 18.0. The van der Waals surface area contributed by atoms with Crippen LogP contribution in [0.2, 0.25) is 0 Å². The number of fused-ring (bicyclic) bond motifs is 11. The van der Waals surface area contributed by atoms with Gasteiger partial charge >= 0.3 is 0 Å². The van der Waals surface area contributed by atoms with Gasteiger partial charge in [0.15, 0.2) is 61.3 Å². The quantitative estimate of drug-likeness (QED) is 0.0188. The summed E-state index contributed by atoms with van der Waals surface area (Å²) in [5.74, 6) is -0.870. The van der Waals surface area contributed by atoms with Gasteiger partial charge in [0.25, 0.3) is 0 Å². The minimum atomic E-state index is -3.65. The molecule has 8 aromatic rings. The van der Waals surface area contributed by atoms with Gasteiger partial charge in [-0.25, -0.2) is 38.3 Å². The molecule has 0 radical (unpaired) electrons. The number of Topliss-reactive ketones (excluding diaryl/α,β-unsaturated/α-hetero) is 4. The number of nitrogen functional groups attached to an aromatic ring is 3. The average Bonchev–Trinajstić information content (AvgIpc) is 3.76. The van der Waals surface area contributed by atoms with E-state index in [1.54, 1.807) is 91.9 Å². The van der Waals surface area contributed by atoms with Gasteiger partial charge in [-0.15, -0.1) is 35.3 Å². The first-order valence-corrected chi connectivity index (χ1v) is 30.0. The highest BCUT2D eigenvalue weighted by Gasteiger charge is 2.37. The zero-order chi connectivity index (χ0) is 60.2. The molecule has 83 heavy (non-hydrogen) atoms. The van der Waals surface area contributed by atoms with E-state index in [9.17, 15) is 42.0 Å². The summed E-state index contributed by atoms with van der Waals surface area (Å²) in [6, 6.07) is 35.5. The monoisotopic (exact) mass is 1180 g/mol. The molecular formula is C58H48N12O9S4. The second-order valence-corrected chi connectivity index (χ2v) is 22.6. The molecule has 11 N–H and O–H groups in total. The summed E-state index contributed by atoms with van der Waals surface area (Å²) in [5.41, 5.74) is 35.8. The molecule has 418 valence electrons. The number of guanidine groups is 1. The second kappa shape index (κ2) is 24.7. The zero-order valence-corrected chi connectivity index (χ0v) is 47.9. The fourth-order valence-electron chi connectivity index (χ4n) is 9.29. The molecule has 21 nitrogen and oxygen atoms in total. The van der Waals surface area contributed by atoms with Gasteiger partial charge < -0.3 is 28.7 Å². The first-order valence-electron chi connectivity index (χ1n) is 24.4. The van der Waals surface area contributed by atoms with Crippen LogP contribution in [-0.4, -0.2) is 110 Å². The number of thioether (sulfide) groups is 3. The first-order chi connectivity index (χ1) is 39.5. The van der Waals surface area contributed by atoms with Gasteiger partial charge in [-0.1, -0.05) is 121 Å². The number of carbonyl (C=O) groups is 7. The van der Waals surface area contributed by atoms with Gasteiger partial charge in [0.05, 0.1) is 55.7 Å². The van der Waals surface area contributed by atoms with Crippen molar-refractivity contribution in [2.24, 2.45) is 11.5 Å². The largest absolute Gasteiger partial charge is 0.370 e. The Kier molecular flexibility index (Phi) is 17.7.